The monoisotopic (exact) mass is 284 g/mol. The fourth-order valence-corrected chi connectivity index (χ4v) is 2.98. The van der Waals surface area contributed by atoms with Crippen molar-refractivity contribution in [1.82, 2.24) is 15.5 Å². The molecule has 2 N–H and O–H groups in total. The van der Waals surface area contributed by atoms with Crippen LogP contribution in [0.15, 0.2) is 4.99 Å². The van der Waals surface area contributed by atoms with E-state index in [9.17, 15) is 0 Å². The smallest absolute Gasteiger partial charge is 0.191 e. The van der Waals surface area contributed by atoms with E-state index in [-0.39, 0.29) is 0 Å². The van der Waals surface area contributed by atoms with E-state index < -0.39 is 0 Å². The van der Waals surface area contributed by atoms with Crippen molar-refractivity contribution in [3.05, 3.63) is 0 Å². The Bertz CT molecular complexity index is 275. The summed E-state index contributed by atoms with van der Waals surface area (Å²) >= 11 is 0. The van der Waals surface area contributed by atoms with E-state index in [1.807, 2.05) is 7.05 Å². The van der Waals surface area contributed by atoms with Gasteiger partial charge in [-0.1, -0.05) is 19.3 Å². The quantitative estimate of drug-likeness (QED) is 0.420. The number of rotatable bonds is 7. The first kappa shape index (κ1) is 17.2. The van der Waals surface area contributed by atoms with Gasteiger partial charge < -0.3 is 20.3 Å². The van der Waals surface area contributed by atoms with E-state index in [2.05, 4.69) is 34.6 Å². The number of methoxy groups -OCH3 is 1. The van der Waals surface area contributed by atoms with Gasteiger partial charge in [0.2, 0.25) is 0 Å². The molecule has 1 rings (SSSR count). The van der Waals surface area contributed by atoms with Crippen LogP contribution in [0.4, 0.5) is 0 Å². The molecule has 5 nitrogen and oxygen atoms in total. The lowest BCUT2D eigenvalue weighted by Crippen LogP contribution is -2.48. The highest BCUT2D eigenvalue weighted by molar-refractivity contribution is 5.79. The summed E-state index contributed by atoms with van der Waals surface area (Å²) in [5.41, 5.74) is 0. The molecule has 0 amide bonds. The summed E-state index contributed by atoms with van der Waals surface area (Å²) in [6.07, 6.45) is 6.90. The fraction of sp³-hybridized carbons (Fsp3) is 0.933. The van der Waals surface area contributed by atoms with Crippen LogP contribution in [-0.4, -0.2) is 64.9 Å². The normalized spacial score (nSPS) is 19.1. The van der Waals surface area contributed by atoms with Crippen LogP contribution in [0, 0.1) is 5.92 Å². The molecule has 0 aromatic carbocycles. The van der Waals surface area contributed by atoms with Crippen molar-refractivity contribution in [1.29, 1.82) is 0 Å². The molecule has 0 spiro atoms. The number of hydrogen-bond donors (Lipinski definition) is 2. The van der Waals surface area contributed by atoms with Crippen LogP contribution < -0.4 is 10.6 Å². The maximum atomic E-state index is 5.04. The summed E-state index contributed by atoms with van der Waals surface area (Å²) in [5, 5.41) is 6.71. The molecule has 1 atom stereocenters. The van der Waals surface area contributed by atoms with Crippen LogP contribution in [0.25, 0.3) is 0 Å². The summed E-state index contributed by atoms with van der Waals surface area (Å²) in [4.78, 5) is 6.61. The summed E-state index contributed by atoms with van der Waals surface area (Å²) in [6, 6.07) is 0.580. The fourth-order valence-electron chi connectivity index (χ4n) is 2.98. The molecule has 1 aliphatic rings. The number of likely N-dealkylation sites (N-methyl/N-ethyl adjacent to an activating group) is 1. The maximum Gasteiger partial charge on any atom is 0.191 e. The lowest BCUT2D eigenvalue weighted by molar-refractivity contribution is 0.171. The SMILES string of the molecule is CN=C(NCCOC)NCC(C1CCCCC1)N(C)C. The third-order valence-corrected chi connectivity index (χ3v) is 4.16. The zero-order valence-corrected chi connectivity index (χ0v) is 13.6. The first-order chi connectivity index (χ1) is 9.69. The topological polar surface area (TPSA) is 48.9 Å². The predicted octanol–water partition coefficient (Wildman–Crippen LogP) is 1.31. The van der Waals surface area contributed by atoms with Crippen LogP contribution >= 0.6 is 0 Å². The number of aliphatic imine (C=N–C) groups is 1. The Labute approximate surface area is 124 Å². The highest BCUT2D eigenvalue weighted by Gasteiger charge is 2.25. The molecule has 0 heterocycles. The van der Waals surface area contributed by atoms with Crippen LogP contribution in [0.2, 0.25) is 0 Å². The summed E-state index contributed by atoms with van der Waals surface area (Å²) < 4.78 is 5.04. The largest absolute Gasteiger partial charge is 0.383 e. The predicted molar refractivity (Wildman–Crippen MR) is 85.3 cm³/mol. The van der Waals surface area contributed by atoms with Gasteiger partial charge in [0, 0.05) is 33.3 Å². The molecule has 0 radical (unpaired) electrons. The molecule has 1 fully saturated rings. The molecular formula is C15H32N4O. The van der Waals surface area contributed by atoms with Gasteiger partial charge in [-0.25, -0.2) is 0 Å². The second-order valence-electron chi connectivity index (χ2n) is 5.80. The van der Waals surface area contributed by atoms with Gasteiger partial charge in [-0.05, 0) is 32.9 Å². The van der Waals surface area contributed by atoms with Gasteiger partial charge in [0.1, 0.15) is 0 Å². The second-order valence-corrected chi connectivity index (χ2v) is 5.80. The van der Waals surface area contributed by atoms with Crippen molar-refractivity contribution in [2.75, 3.05) is 47.9 Å². The Morgan fingerprint density at radius 1 is 1.25 bits per heavy atom. The van der Waals surface area contributed by atoms with Crippen LogP contribution in [0.5, 0.6) is 0 Å². The van der Waals surface area contributed by atoms with Gasteiger partial charge in [0.05, 0.1) is 6.61 Å². The molecule has 5 heteroatoms. The van der Waals surface area contributed by atoms with Crippen molar-refractivity contribution in [3.8, 4) is 0 Å². The van der Waals surface area contributed by atoms with Crippen LogP contribution in [-0.2, 0) is 4.74 Å². The average molecular weight is 284 g/mol. The molecule has 20 heavy (non-hydrogen) atoms. The molecule has 0 aliphatic heterocycles. The first-order valence-electron chi connectivity index (χ1n) is 7.79. The van der Waals surface area contributed by atoms with Gasteiger partial charge in [-0.2, -0.15) is 0 Å². The number of nitrogens with one attached hydrogen (secondary N) is 2. The Morgan fingerprint density at radius 3 is 2.50 bits per heavy atom. The van der Waals surface area contributed by atoms with E-state index in [0.29, 0.717) is 12.6 Å². The minimum absolute atomic E-state index is 0.580. The molecule has 118 valence electrons. The van der Waals surface area contributed by atoms with E-state index in [1.165, 1.54) is 32.1 Å². The van der Waals surface area contributed by atoms with E-state index >= 15 is 0 Å². The summed E-state index contributed by atoms with van der Waals surface area (Å²) in [6.45, 7) is 2.43. The number of hydrogen-bond acceptors (Lipinski definition) is 3. The van der Waals surface area contributed by atoms with Crippen LogP contribution in [0.3, 0.4) is 0 Å². The van der Waals surface area contributed by atoms with Gasteiger partial charge in [0.25, 0.3) is 0 Å². The molecule has 0 saturated heterocycles. The van der Waals surface area contributed by atoms with Gasteiger partial charge >= 0.3 is 0 Å². The molecule has 1 aliphatic carbocycles. The molecule has 0 aromatic heterocycles. The van der Waals surface area contributed by atoms with E-state index in [4.69, 9.17) is 4.74 Å². The number of guanidine groups is 1. The number of nitrogens with zero attached hydrogens (tertiary/aromatic N) is 2. The molecular weight excluding hydrogens is 252 g/mol. The van der Waals surface area contributed by atoms with Gasteiger partial charge in [-0.15, -0.1) is 0 Å². The first-order valence-corrected chi connectivity index (χ1v) is 7.79. The second kappa shape index (κ2) is 10.00. The molecule has 1 saturated carbocycles. The third-order valence-electron chi connectivity index (χ3n) is 4.16. The minimum Gasteiger partial charge on any atom is -0.383 e. The zero-order chi connectivity index (χ0) is 14.8. The Hall–Kier alpha value is -0.810. The highest BCUT2D eigenvalue weighted by atomic mass is 16.5. The maximum absolute atomic E-state index is 5.04. The summed E-state index contributed by atoms with van der Waals surface area (Å²) in [7, 11) is 7.89. The molecule has 1 unspecified atom stereocenters. The number of ether oxygens (including phenoxy) is 1. The Kier molecular flexibility index (Phi) is 8.62. The third kappa shape index (κ3) is 6.09. The zero-order valence-electron chi connectivity index (χ0n) is 13.6. The molecule has 0 aromatic rings. The van der Waals surface area contributed by atoms with Crippen molar-refractivity contribution >= 4 is 5.96 Å². The Balaban J connectivity index is 2.40. The van der Waals surface area contributed by atoms with Crippen molar-refractivity contribution < 1.29 is 4.74 Å². The van der Waals surface area contributed by atoms with Gasteiger partial charge in [0.15, 0.2) is 5.96 Å². The standard InChI is InChI=1S/C15H32N4O/c1-16-15(17-10-11-20-4)18-12-14(19(2)3)13-8-6-5-7-9-13/h13-14H,5-12H2,1-4H3,(H2,16,17,18). The molecule has 0 bridgehead atoms. The van der Waals surface area contributed by atoms with Crippen LogP contribution in [0.1, 0.15) is 32.1 Å². The van der Waals surface area contributed by atoms with Crippen molar-refractivity contribution in [2.24, 2.45) is 10.9 Å². The summed E-state index contributed by atoms with van der Waals surface area (Å²) in [5.74, 6) is 1.67. The van der Waals surface area contributed by atoms with E-state index in [1.54, 1.807) is 7.11 Å². The van der Waals surface area contributed by atoms with E-state index in [0.717, 1.165) is 25.0 Å². The lowest BCUT2D eigenvalue weighted by atomic mass is 9.83. The van der Waals surface area contributed by atoms with Gasteiger partial charge in [-0.3, -0.25) is 4.99 Å². The van der Waals surface area contributed by atoms with Crippen molar-refractivity contribution in [2.45, 2.75) is 38.1 Å². The van der Waals surface area contributed by atoms with Crippen molar-refractivity contribution in [3.63, 3.8) is 0 Å². The average Bonchev–Trinajstić information content (AvgIpc) is 2.46. The lowest BCUT2D eigenvalue weighted by Gasteiger charge is -2.35. The highest BCUT2D eigenvalue weighted by Crippen LogP contribution is 2.27. The Morgan fingerprint density at radius 2 is 1.95 bits per heavy atom. The minimum atomic E-state index is 0.580.